The molecule has 0 heterocycles. The van der Waals surface area contributed by atoms with E-state index in [4.69, 9.17) is 0 Å². The predicted molar refractivity (Wildman–Crippen MR) is 57.3 cm³/mol. The summed E-state index contributed by atoms with van der Waals surface area (Å²) in [4.78, 5) is 22.4. The van der Waals surface area contributed by atoms with Gasteiger partial charge in [-0.15, -0.1) is 0 Å². The lowest BCUT2D eigenvalue weighted by Crippen LogP contribution is -2.41. The van der Waals surface area contributed by atoms with Crippen molar-refractivity contribution in [3.8, 4) is 0 Å². The minimum absolute atomic E-state index is 0.0395. The number of carbonyl (C=O) groups excluding carboxylic acids is 2. The number of hydrogen-bond donors (Lipinski definition) is 2. The molecule has 0 unspecified atom stereocenters. The fourth-order valence-electron chi connectivity index (χ4n) is 1.40. The van der Waals surface area contributed by atoms with Crippen LogP contribution in [0.5, 0.6) is 0 Å². The van der Waals surface area contributed by atoms with Crippen molar-refractivity contribution in [3.05, 3.63) is 0 Å². The van der Waals surface area contributed by atoms with Crippen molar-refractivity contribution in [2.75, 3.05) is 0 Å². The number of nitrogens with one attached hydrogen (secondary N) is 2. The van der Waals surface area contributed by atoms with Crippen LogP contribution in [0.3, 0.4) is 0 Å². The van der Waals surface area contributed by atoms with E-state index in [-0.39, 0.29) is 6.04 Å². The van der Waals surface area contributed by atoms with Crippen LogP contribution in [0.4, 0.5) is 0 Å². The van der Waals surface area contributed by atoms with Crippen molar-refractivity contribution < 1.29 is 9.59 Å². The standard InChI is InChI=1S/C10H17N3O2/c1-7(2)11-9(14)10(15)13-12-8-5-3-4-6-8/h7H,3-6H2,1-2H3,(H,11,14)(H,13,15). The fraction of sp³-hybridized carbons (Fsp3) is 0.700. The zero-order valence-electron chi connectivity index (χ0n) is 9.17. The smallest absolute Gasteiger partial charge is 0.329 e. The zero-order chi connectivity index (χ0) is 11.3. The molecule has 5 nitrogen and oxygen atoms in total. The minimum Gasteiger partial charge on any atom is -0.346 e. The second-order valence-electron chi connectivity index (χ2n) is 3.95. The third kappa shape index (κ3) is 4.10. The quantitative estimate of drug-likeness (QED) is 0.517. The Labute approximate surface area is 89.3 Å². The largest absolute Gasteiger partial charge is 0.346 e. The van der Waals surface area contributed by atoms with E-state index in [9.17, 15) is 9.59 Å². The molecule has 0 aromatic rings. The molecule has 2 N–H and O–H groups in total. The van der Waals surface area contributed by atoms with E-state index in [1.807, 2.05) is 0 Å². The maximum atomic E-state index is 11.2. The second-order valence-corrected chi connectivity index (χ2v) is 3.95. The van der Waals surface area contributed by atoms with Crippen LogP contribution in [0.1, 0.15) is 39.5 Å². The van der Waals surface area contributed by atoms with Gasteiger partial charge in [-0.1, -0.05) is 0 Å². The summed E-state index contributed by atoms with van der Waals surface area (Å²) in [5.41, 5.74) is 3.24. The van der Waals surface area contributed by atoms with Crippen LogP contribution in [0.2, 0.25) is 0 Å². The van der Waals surface area contributed by atoms with Crippen molar-refractivity contribution in [3.63, 3.8) is 0 Å². The summed E-state index contributed by atoms with van der Waals surface area (Å²) in [5.74, 6) is -1.32. The summed E-state index contributed by atoms with van der Waals surface area (Å²) in [6.07, 6.45) is 4.08. The summed E-state index contributed by atoms with van der Waals surface area (Å²) in [7, 11) is 0. The number of rotatable bonds is 2. The van der Waals surface area contributed by atoms with E-state index in [0.717, 1.165) is 31.4 Å². The molecule has 2 amide bonds. The monoisotopic (exact) mass is 211 g/mol. The minimum atomic E-state index is -0.692. The van der Waals surface area contributed by atoms with E-state index >= 15 is 0 Å². The third-order valence-electron chi connectivity index (χ3n) is 2.12. The number of amides is 2. The van der Waals surface area contributed by atoms with Gasteiger partial charge in [-0.05, 0) is 39.5 Å². The van der Waals surface area contributed by atoms with Crippen molar-refractivity contribution in [1.82, 2.24) is 10.7 Å². The van der Waals surface area contributed by atoms with Crippen LogP contribution in [0.25, 0.3) is 0 Å². The van der Waals surface area contributed by atoms with Gasteiger partial charge in [0.15, 0.2) is 0 Å². The summed E-state index contributed by atoms with van der Waals surface area (Å²) >= 11 is 0. The highest BCUT2D eigenvalue weighted by molar-refractivity contribution is 6.35. The van der Waals surface area contributed by atoms with Gasteiger partial charge in [0.25, 0.3) is 0 Å². The van der Waals surface area contributed by atoms with Gasteiger partial charge in [0.2, 0.25) is 0 Å². The lowest BCUT2D eigenvalue weighted by molar-refractivity contribution is -0.139. The molecule has 0 aliphatic heterocycles. The Bertz CT molecular complexity index is 276. The van der Waals surface area contributed by atoms with Crippen molar-refractivity contribution in [1.29, 1.82) is 0 Å². The van der Waals surface area contributed by atoms with Crippen LogP contribution < -0.4 is 10.7 Å². The van der Waals surface area contributed by atoms with E-state index in [2.05, 4.69) is 15.8 Å². The van der Waals surface area contributed by atoms with Crippen LogP contribution >= 0.6 is 0 Å². The first-order valence-electron chi connectivity index (χ1n) is 5.26. The molecule has 1 aliphatic carbocycles. The molecule has 1 rings (SSSR count). The van der Waals surface area contributed by atoms with Crippen LogP contribution in [0, 0.1) is 0 Å². The van der Waals surface area contributed by atoms with Gasteiger partial charge in [0, 0.05) is 11.8 Å². The molecule has 0 aromatic carbocycles. The molecule has 1 saturated carbocycles. The molecule has 1 aliphatic rings. The van der Waals surface area contributed by atoms with Gasteiger partial charge >= 0.3 is 11.8 Å². The summed E-state index contributed by atoms with van der Waals surface area (Å²) in [6, 6.07) is -0.0395. The molecule has 0 atom stereocenters. The number of nitrogens with zero attached hydrogens (tertiary/aromatic N) is 1. The average molecular weight is 211 g/mol. The van der Waals surface area contributed by atoms with E-state index in [1.54, 1.807) is 13.8 Å². The highest BCUT2D eigenvalue weighted by Crippen LogP contribution is 2.13. The molecule has 0 aromatic heterocycles. The number of carbonyl (C=O) groups is 2. The molecule has 0 saturated heterocycles. The number of hydrazone groups is 1. The summed E-state index contributed by atoms with van der Waals surface area (Å²) < 4.78 is 0. The Balaban J connectivity index is 2.34. The van der Waals surface area contributed by atoms with Crippen molar-refractivity contribution >= 4 is 17.5 Å². The Morgan fingerprint density at radius 1 is 1.20 bits per heavy atom. The highest BCUT2D eigenvalue weighted by Gasteiger charge is 2.14. The molecule has 0 radical (unpaired) electrons. The van der Waals surface area contributed by atoms with E-state index in [0.29, 0.717) is 0 Å². The van der Waals surface area contributed by atoms with E-state index < -0.39 is 11.8 Å². The molecule has 0 bridgehead atoms. The topological polar surface area (TPSA) is 70.6 Å². The van der Waals surface area contributed by atoms with Gasteiger partial charge in [-0.2, -0.15) is 5.10 Å². The predicted octanol–water partition coefficient (Wildman–Crippen LogP) is 0.557. The second kappa shape index (κ2) is 5.48. The first kappa shape index (κ1) is 11.7. The average Bonchev–Trinajstić information content (AvgIpc) is 2.65. The normalized spacial score (nSPS) is 15.3. The maximum absolute atomic E-state index is 11.2. The molecular formula is C10H17N3O2. The van der Waals surface area contributed by atoms with Crippen molar-refractivity contribution in [2.24, 2.45) is 5.10 Å². The van der Waals surface area contributed by atoms with Gasteiger partial charge in [0.1, 0.15) is 0 Å². The maximum Gasteiger partial charge on any atom is 0.329 e. The van der Waals surface area contributed by atoms with Gasteiger partial charge in [-0.25, -0.2) is 5.43 Å². The number of hydrogen-bond acceptors (Lipinski definition) is 3. The van der Waals surface area contributed by atoms with Gasteiger partial charge in [-0.3, -0.25) is 9.59 Å². The van der Waals surface area contributed by atoms with Gasteiger partial charge < -0.3 is 5.32 Å². The van der Waals surface area contributed by atoms with Crippen LogP contribution in [-0.4, -0.2) is 23.6 Å². The Morgan fingerprint density at radius 3 is 2.33 bits per heavy atom. The molecule has 84 valence electrons. The molecule has 15 heavy (non-hydrogen) atoms. The van der Waals surface area contributed by atoms with E-state index in [1.165, 1.54) is 0 Å². The molecule has 1 fully saturated rings. The zero-order valence-corrected chi connectivity index (χ0v) is 9.17. The first-order valence-corrected chi connectivity index (χ1v) is 5.26. The molecule has 5 heteroatoms. The lowest BCUT2D eigenvalue weighted by atomic mass is 10.3. The highest BCUT2D eigenvalue weighted by atomic mass is 16.2. The SMILES string of the molecule is CC(C)NC(=O)C(=O)NN=C1CCCC1. The molecular weight excluding hydrogens is 194 g/mol. The third-order valence-corrected chi connectivity index (χ3v) is 2.12. The Hall–Kier alpha value is -1.39. The summed E-state index contributed by atoms with van der Waals surface area (Å²) in [6.45, 7) is 3.60. The fourth-order valence-corrected chi connectivity index (χ4v) is 1.40. The lowest BCUT2D eigenvalue weighted by Gasteiger charge is -2.06. The molecule has 0 spiro atoms. The first-order chi connectivity index (χ1) is 7.09. The Morgan fingerprint density at radius 2 is 1.80 bits per heavy atom. The van der Waals surface area contributed by atoms with Crippen LogP contribution in [-0.2, 0) is 9.59 Å². The summed E-state index contributed by atoms with van der Waals surface area (Å²) in [5, 5.41) is 6.41. The Kier molecular flexibility index (Phi) is 4.27. The van der Waals surface area contributed by atoms with Gasteiger partial charge in [0.05, 0.1) is 0 Å². The van der Waals surface area contributed by atoms with Crippen LogP contribution in [0.15, 0.2) is 5.10 Å². The van der Waals surface area contributed by atoms with Crippen molar-refractivity contribution in [2.45, 2.75) is 45.6 Å².